The molecule has 1 heterocycles. The zero-order valence-electron chi connectivity index (χ0n) is 20.7. The van der Waals surface area contributed by atoms with E-state index in [1.807, 2.05) is 48.5 Å². The van der Waals surface area contributed by atoms with Crippen molar-refractivity contribution in [3.05, 3.63) is 65.2 Å². The predicted octanol–water partition coefficient (Wildman–Crippen LogP) is 2.63. The van der Waals surface area contributed by atoms with Crippen LogP contribution in [0.25, 0.3) is 0 Å². The first-order valence-electron chi connectivity index (χ1n) is 11.8. The van der Waals surface area contributed by atoms with E-state index in [-0.39, 0.29) is 57.7 Å². The number of carbonyl (C=O) groups excluding carboxylic acids is 2. The molecule has 0 aromatic heterocycles. The SMILES string of the molecule is COP(=O)(O)OCCOCCOCCNC(=O)CCC(=O)N1Cc2ccccc2C#Cc2ccccc21. The molecule has 0 spiro atoms. The molecule has 37 heavy (non-hydrogen) atoms. The zero-order valence-corrected chi connectivity index (χ0v) is 21.6. The second-order valence-corrected chi connectivity index (χ2v) is 9.52. The van der Waals surface area contributed by atoms with Crippen molar-refractivity contribution in [3.63, 3.8) is 0 Å². The second-order valence-electron chi connectivity index (χ2n) is 7.96. The molecule has 0 saturated carbocycles. The van der Waals surface area contributed by atoms with E-state index in [9.17, 15) is 14.2 Å². The van der Waals surface area contributed by atoms with Crippen molar-refractivity contribution in [2.24, 2.45) is 0 Å². The summed E-state index contributed by atoms with van der Waals surface area (Å²) < 4.78 is 30.6. The van der Waals surface area contributed by atoms with Gasteiger partial charge in [0.2, 0.25) is 11.8 Å². The van der Waals surface area contributed by atoms with Gasteiger partial charge in [0.05, 0.1) is 45.3 Å². The van der Waals surface area contributed by atoms with Gasteiger partial charge < -0.3 is 24.6 Å². The summed E-state index contributed by atoms with van der Waals surface area (Å²) in [6.45, 7) is 1.54. The number of benzene rings is 2. The van der Waals surface area contributed by atoms with Crippen molar-refractivity contribution in [1.82, 2.24) is 5.32 Å². The average Bonchev–Trinajstić information content (AvgIpc) is 2.89. The van der Waals surface area contributed by atoms with E-state index in [2.05, 4.69) is 26.2 Å². The van der Waals surface area contributed by atoms with Crippen molar-refractivity contribution in [3.8, 4) is 11.8 Å². The Morgan fingerprint density at radius 2 is 1.59 bits per heavy atom. The highest BCUT2D eigenvalue weighted by molar-refractivity contribution is 7.47. The Kier molecular flexibility index (Phi) is 11.3. The van der Waals surface area contributed by atoms with Gasteiger partial charge in [-0.1, -0.05) is 42.2 Å². The number of anilines is 1. The molecule has 0 aliphatic carbocycles. The van der Waals surface area contributed by atoms with Gasteiger partial charge in [0.1, 0.15) is 0 Å². The Hall–Kier alpha value is -3.03. The van der Waals surface area contributed by atoms with Gasteiger partial charge in [0, 0.05) is 37.6 Å². The van der Waals surface area contributed by atoms with Gasteiger partial charge >= 0.3 is 7.82 Å². The molecule has 0 saturated heterocycles. The quantitative estimate of drug-likeness (QED) is 0.217. The third-order valence-electron chi connectivity index (χ3n) is 5.39. The van der Waals surface area contributed by atoms with E-state index in [1.54, 1.807) is 4.90 Å². The van der Waals surface area contributed by atoms with Crippen LogP contribution >= 0.6 is 7.82 Å². The molecular formula is C26H31N2O8P. The standard InChI is InChI=1S/C26H31N2O8P/c1-33-37(31,32)36-19-18-35-17-16-34-15-14-27-25(29)12-13-26(30)28-20-23-8-3-2-6-21(23)10-11-22-7-4-5-9-24(22)28/h2-9H,12-20H2,1H3,(H,27,29)(H,31,32). The Balaban J connectivity index is 1.36. The maximum absolute atomic E-state index is 13.1. The summed E-state index contributed by atoms with van der Waals surface area (Å²) in [5, 5.41) is 2.74. The van der Waals surface area contributed by atoms with Gasteiger partial charge in [-0.05, 0) is 23.8 Å². The van der Waals surface area contributed by atoms with Crippen LogP contribution in [0, 0.1) is 11.8 Å². The second kappa shape index (κ2) is 14.6. The number of hydrogen-bond donors (Lipinski definition) is 2. The van der Waals surface area contributed by atoms with Crippen LogP contribution in [-0.4, -0.2) is 63.4 Å². The number of carbonyl (C=O) groups is 2. The third kappa shape index (κ3) is 9.41. The predicted molar refractivity (Wildman–Crippen MR) is 137 cm³/mol. The fraction of sp³-hybridized carbons (Fsp3) is 0.385. The maximum Gasteiger partial charge on any atom is 0.471 e. The third-order valence-corrected chi connectivity index (χ3v) is 6.36. The van der Waals surface area contributed by atoms with Crippen LogP contribution < -0.4 is 10.2 Å². The van der Waals surface area contributed by atoms with Crippen molar-refractivity contribution >= 4 is 25.3 Å². The van der Waals surface area contributed by atoms with Crippen LogP contribution in [0.2, 0.25) is 0 Å². The van der Waals surface area contributed by atoms with Crippen LogP contribution in [0.1, 0.15) is 29.5 Å². The van der Waals surface area contributed by atoms with E-state index in [1.165, 1.54) is 0 Å². The molecule has 11 heteroatoms. The molecule has 1 unspecified atom stereocenters. The number of rotatable bonds is 14. The summed E-state index contributed by atoms with van der Waals surface area (Å²) in [7, 11) is -2.90. The molecule has 1 atom stereocenters. The van der Waals surface area contributed by atoms with E-state index in [4.69, 9.17) is 14.4 Å². The number of hydrogen-bond acceptors (Lipinski definition) is 7. The Morgan fingerprint density at radius 3 is 2.38 bits per heavy atom. The molecule has 0 radical (unpaired) electrons. The lowest BCUT2D eigenvalue weighted by Crippen LogP contribution is -2.34. The summed E-state index contributed by atoms with van der Waals surface area (Å²) in [5.41, 5.74) is 3.35. The van der Waals surface area contributed by atoms with E-state index < -0.39 is 7.82 Å². The first-order valence-corrected chi connectivity index (χ1v) is 13.3. The summed E-state index contributed by atoms with van der Waals surface area (Å²) in [5.74, 6) is 5.96. The molecule has 2 N–H and O–H groups in total. The van der Waals surface area contributed by atoms with Crippen LogP contribution in [0.15, 0.2) is 48.5 Å². The Morgan fingerprint density at radius 1 is 0.946 bits per heavy atom. The van der Waals surface area contributed by atoms with E-state index >= 15 is 0 Å². The number of phosphoric ester groups is 1. The van der Waals surface area contributed by atoms with Crippen molar-refractivity contribution in [2.45, 2.75) is 19.4 Å². The van der Waals surface area contributed by atoms with Crippen molar-refractivity contribution < 1.29 is 37.6 Å². The number of amides is 2. The first kappa shape index (κ1) is 28.5. The van der Waals surface area contributed by atoms with E-state index in [0.717, 1.165) is 29.5 Å². The summed E-state index contributed by atoms with van der Waals surface area (Å²) >= 11 is 0. The van der Waals surface area contributed by atoms with Crippen LogP contribution in [0.3, 0.4) is 0 Å². The van der Waals surface area contributed by atoms with Gasteiger partial charge in [-0.3, -0.25) is 18.6 Å². The molecule has 198 valence electrons. The molecule has 10 nitrogen and oxygen atoms in total. The maximum atomic E-state index is 13.1. The fourth-order valence-corrected chi connectivity index (χ4v) is 3.91. The number of phosphoric acid groups is 1. The summed E-state index contributed by atoms with van der Waals surface area (Å²) in [6, 6.07) is 15.2. The van der Waals surface area contributed by atoms with Gasteiger partial charge in [-0.15, -0.1) is 0 Å². The average molecular weight is 531 g/mol. The molecule has 1 aliphatic heterocycles. The molecular weight excluding hydrogens is 499 g/mol. The molecule has 2 aromatic rings. The van der Waals surface area contributed by atoms with Gasteiger partial charge in [-0.2, -0.15) is 0 Å². The summed E-state index contributed by atoms with van der Waals surface area (Å²) in [6.07, 6.45) is 0.125. The van der Waals surface area contributed by atoms with Crippen LogP contribution in [0.4, 0.5) is 5.69 Å². The lowest BCUT2D eigenvalue weighted by atomic mass is 10.0. The van der Waals surface area contributed by atoms with Crippen molar-refractivity contribution in [2.75, 3.05) is 51.6 Å². The molecule has 1 aliphatic rings. The Labute approximate surface area is 216 Å². The normalized spacial score (nSPS) is 13.7. The van der Waals surface area contributed by atoms with Crippen molar-refractivity contribution in [1.29, 1.82) is 0 Å². The highest BCUT2D eigenvalue weighted by Gasteiger charge is 2.21. The minimum absolute atomic E-state index is 0.0596. The topological polar surface area (TPSA) is 124 Å². The summed E-state index contributed by atoms with van der Waals surface area (Å²) in [4.78, 5) is 36.2. The highest BCUT2D eigenvalue weighted by atomic mass is 31.2. The molecule has 2 amide bonds. The minimum Gasteiger partial charge on any atom is -0.377 e. The largest absolute Gasteiger partial charge is 0.471 e. The fourth-order valence-electron chi connectivity index (χ4n) is 3.50. The molecule has 0 bridgehead atoms. The number of nitrogens with zero attached hydrogens (tertiary/aromatic N) is 1. The van der Waals surface area contributed by atoms with Gasteiger partial charge in [-0.25, -0.2) is 4.57 Å². The monoisotopic (exact) mass is 530 g/mol. The smallest absolute Gasteiger partial charge is 0.377 e. The number of fused-ring (bicyclic) bond motifs is 2. The Bertz CT molecular complexity index is 1180. The highest BCUT2D eigenvalue weighted by Crippen LogP contribution is 2.41. The molecule has 3 rings (SSSR count). The minimum atomic E-state index is -3.99. The lowest BCUT2D eigenvalue weighted by molar-refractivity contribution is -0.125. The van der Waals surface area contributed by atoms with Gasteiger partial charge in [0.15, 0.2) is 0 Å². The molecule has 2 aromatic carbocycles. The van der Waals surface area contributed by atoms with Crippen LogP contribution in [0.5, 0.6) is 0 Å². The zero-order chi connectivity index (χ0) is 26.5. The van der Waals surface area contributed by atoms with Crippen LogP contribution in [-0.2, 0) is 39.2 Å². The van der Waals surface area contributed by atoms with Gasteiger partial charge in [0.25, 0.3) is 0 Å². The lowest BCUT2D eigenvalue weighted by Gasteiger charge is -2.26. The first-order chi connectivity index (χ1) is 17.9. The number of ether oxygens (including phenoxy) is 2. The molecule has 0 fully saturated rings. The van der Waals surface area contributed by atoms with E-state index in [0.29, 0.717) is 13.1 Å². The number of nitrogens with one attached hydrogen (secondary N) is 1. The number of para-hydroxylation sites is 1.